The fourth-order valence-corrected chi connectivity index (χ4v) is 3.04. The highest BCUT2D eigenvalue weighted by molar-refractivity contribution is 9.10. The van der Waals surface area contributed by atoms with Gasteiger partial charge in [-0.2, -0.15) is 0 Å². The number of carbonyl (C=O) groups is 2. The van der Waals surface area contributed by atoms with Crippen LogP contribution in [-0.2, 0) is 11.3 Å². The molecule has 0 aliphatic carbocycles. The van der Waals surface area contributed by atoms with Gasteiger partial charge in [0.2, 0.25) is 5.91 Å². The Kier molecular flexibility index (Phi) is 4.72. The predicted molar refractivity (Wildman–Crippen MR) is 79.7 cm³/mol. The Morgan fingerprint density at radius 3 is 2.77 bits per heavy atom. The van der Waals surface area contributed by atoms with Gasteiger partial charge in [-0.05, 0) is 30.7 Å². The summed E-state index contributed by atoms with van der Waals surface area (Å²) in [5.41, 5.74) is -0.686. The number of nitrogens with one attached hydrogen (secondary N) is 1. The van der Waals surface area contributed by atoms with Crippen molar-refractivity contribution in [3.63, 3.8) is 0 Å². The van der Waals surface area contributed by atoms with Crippen molar-refractivity contribution in [3.05, 3.63) is 34.1 Å². The normalized spacial score (nSPS) is 24.4. The number of amides is 2. The topological polar surface area (TPSA) is 89.9 Å². The average Bonchev–Trinajstić information content (AvgIpc) is 2.71. The SMILES string of the molecule is C[C@@]1(O)C[C@@H](C(=O)NCc2cc(F)cc(Br)c2)N(C(=O)O)C1. The molecule has 1 aliphatic rings. The minimum atomic E-state index is -1.26. The van der Waals surface area contributed by atoms with E-state index in [2.05, 4.69) is 21.2 Å². The third kappa shape index (κ3) is 3.95. The molecule has 0 bridgehead atoms. The van der Waals surface area contributed by atoms with Crippen LogP contribution in [0, 0.1) is 5.82 Å². The summed E-state index contributed by atoms with van der Waals surface area (Å²) in [7, 11) is 0. The van der Waals surface area contributed by atoms with E-state index in [0.29, 0.717) is 10.0 Å². The second-order valence-corrected chi connectivity index (χ2v) is 6.54. The number of benzene rings is 1. The van der Waals surface area contributed by atoms with Crippen molar-refractivity contribution in [2.24, 2.45) is 0 Å². The first-order valence-corrected chi connectivity index (χ1v) is 7.42. The molecular weight excluding hydrogens is 359 g/mol. The molecule has 0 saturated carbocycles. The zero-order valence-corrected chi connectivity index (χ0v) is 13.4. The van der Waals surface area contributed by atoms with Crippen LogP contribution in [0.1, 0.15) is 18.9 Å². The molecule has 22 heavy (non-hydrogen) atoms. The first-order chi connectivity index (χ1) is 10.2. The molecule has 2 rings (SSSR count). The first-order valence-electron chi connectivity index (χ1n) is 6.62. The van der Waals surface area contributed by atoms with Crippen molar-refractivity contribution in [1.29, 1.82) is 0 Å². The summed E-state index contributed by atoms with van der Waals surface area (Å²) in [6.45, 7) is 1.44. The van der Waals surface area contributed by atoms with Crippen LogP contribution in [0.4, 0.5) is 9.18 Å². The van der Waals surface area contributed by atoms with E-state index in [-0.39, 0.29) is 19.5 Å². The van der Waals surface area contributed by atoms with E-state index in [1.54, 1.807) is 6.07 Å². The van der Waals surface area contributed by atoms with Crippen LogP contribution in [0.25, 0.3) is 0 Å². The largest absolute Gasteiger partial charge is 0.465 e. The maximum absolute atomic E-state index is 13.3. The minimum Gasteiger partial charge on any atom is -0.465 e. The van der Waals surface area contributed by atoms with E-state index in [9.17, 15) is 19.1 Å². The first kappa shape index (κ1) is 16.7. The average molecular weight is 375 g/mol. The summed E-state index contributed by atoms with van der Waals surface area (Å²) < 4.78 is 13.8. The van der Waals surface area contributed by atoms with Crippen LogP contribution < -0.4 is 5.32 Å². The van der Waals surface area contributed by atoms with Gasteiger partial charge in [-0.15, -0.1) is 0 Å². The fraction of sp³-hybridized carbons (Fsp3) is 0.429. The number of carboxylic acid groups (broad SMARTS) is 1. The summed E-state index contributed by atoms with van der Waals surface area (Å²) in [5, 5.41) is 21.6. The molecule has 1 aromatic rings. The van der Waals surface area contributed by atoms with E-state index in [1.807, 2.05) is 0 Å². The van der Waals surface area contributed by atoms with Crippen LogP contribution in [0.2, 0.25) is 0 Å². The van der Waals surface area contributed by atoms with Crippen LogP contribution in [0.15, 0.2) is 22.7 Å². The van der Waals surface area contributed by atoms with Crippen LogP contribution in [0.5, 0.6) is 0 Å². The minimum absolute atomic E-state index is 0.0258. The molecule has 1 aliphatic heterocycles. The lowest BCUT2D eigenvalue weighted by molar-refractivity contribution is -0.125. The quantitative estimate of drug-likeness (QED) is 0.751. The fourth-order valence-electron chi connectivity index (χ4n) is 2.52. The third-order valence-corrected chi connectivity index (χ3v) is 3.92. The van der Waals surface area contributed by atoms with Crippen molar-refractivity contribution in [2.75, 3.05) is 6.54 Å². The molecule has 0 aromatic heterocycles. The second-order valence-electron chi connectivity index (χ2n) is 5.62. The molecule has 1 aromatic carbocycles. The highest BCUT2D eigenvalue weighted by Gasteiger charge is 2.45. The highest BCUT2D eigenvalue weighted by atomic mass is 79.9. The van der Waals surface area contributed by atoms with E-state index in [1.165, 1.54) is 19.1 Å². The number of halogens is 2. The van der Waals surface area contributed by atoms with E-state index in [4.69, 9.17) is 5.11 Å². The van der Waals surface area contributed by atoms with Gasteiger partial charge in [0.1, 0.15) is 11.9 Å². The smallest absolute Gasteiger partial charge is 0.408 e. The third-order valence-electron chi connectivity index (χ3n) is 3.46. The summed E-state index contributed by atoms with van der Waals surface area (Å²) >= 11 is 3.16. The molecule has 1 saturated heterocycles. The number of aliphatic hydroxyl groups is 1. The number of β-amino-alcohol motifs (C(OH)–C–C–N with tert-alkyl or cyclic N) is 1. The Labute approximate surface area is 135 Å². The zero-order chi connectivity index (χ0) is 16.5. The second kappa shape index (κ2) is 6.21. The molecule has 0 radical (unpaired) electrons. The number of rotatable bonds is 3. The molecule has 1 fully saturated rings. The maximum Gasteiger partial charge on any atom is 0.408 e. The Balaban J connectivity index is 2.03. The van der Waals surface area contributed by atoms with Crippen LogP contribution >= 0.6 is 15.9 Å². The van der Waals surface area contributed by atoms with E-state index < -0.39 is 29.5 Å². The zero-order valence-electron chi connectivity index (χ0n) is 11.8. The number of hydrogen-bond acceptors (Lipinski definition) is 3. The molecule has 2 amide bonds. The van der Waals surface area contributed by atoms with Gasteiger partial charge < -0.3 is 15.5 Å². The number of nitrogens with zero attached hydrogens (tertiary/aromatic N) is 1. The predicted octanol–water partition coefficient (Wildman–Crippen LogP) is 1.71. The van der Waals surface area contributed by atoms with Crippen molar-refractivity contribution in [3.8, 4) is 0 Å². The van der Waals surface area contributed by atoms with Gasteiger partial charge in [0.15, 0.2) is 0 Å². The molecule has 8 heteroatoms. The Morgan fingerprint density at radius 2 is 2.18 bits per heavy atom. The van der Waals surface area contributed by atoms with Gasteiger partial charge in [-0.1, -0.05) is 15.9 Å². The van der Waals surface area contributed by atoms with Gasteiger partial charge >= 0.3 is 6.09 Å². The summed E-state index contributed by atoms with van der Waals surface area (Å²) in [5.74, 6) is -0.949. The van der Waals surface area contributed by atoms with Crippen LogP contribution in [0.3, 0.4) is 0 Å². The lowest BCUT2D eigenvalue weighted by atomic mass is 10.0. The maximum atomic E-state index is 13.3. The molecular formula is C14H16BrFN2O4. The van der Waals surface area contributed by atoms with Gasteiger partial charge in [0.05, 0.1) is 12.1 Å². The molecule has 1 heterocycles. The number of likely N-dealkylation sites (tertiary alicyclic amines) is 1. The monoisotopic (exact) mass is 374 g/mol. The molecule has 3 N–H and O–H groups in total. The molecule has 2 atom stereocenters. The summed E-state index contributed by atoms with van der Waals surface area (Å²) in [6.07, 6.45) is -1.23. The van der Waals surface area contributed by atoms with Crippen molar-refractivity contribution >= 4 is 27.9 Å². The molecule has 120 valence electrons. The number of carbonyl (C=O) groups excluding carboxylic acids is 1. The number of hydrogen-bond donors (Lipinski definition) is 3. The Bertz CT molecular complexity index is 588. The molecule has 0 unspecified atom stereocenters. The standard InChI is InChI=1S/C14H16BrFN2O4/c1-14(22)5-11(18(7-14)13(20)21)12(19)17-6-8-2-9(15)4-10(16)3-8/h2-4,11,22H,5-7H2,1H3,(H,17,19)(H,20,21)/t11-,14+/m0/s1. The van der Waals surface area contributed by atoms with Crippen molar-refractivity contribution < 1.29 is 24.2 Å². The van der Waals surface area contributed by atoms with Gasteiger partial charge in [0.25, 0.3) is 0 Å². The highest BCUT2D eigenvalue weighted by Crippen LogP contribution is 2.27. The summed E-state index contributed by atoms with van der Waals surface area (Å²) in [6, 6.07) is 3.28. The van der Waals surface area contributed by atoms with Gasteiger partial charge in [-0.3, -0.25) is 9.69 Å². The van der Waals surface area contributed by atoms with Crippen molar-refractivity contribution in [1.82, 2.24) is 10.2 Å². The Hall–Kier alpha value is -1.67. The lowest BCUT2D eigenvalue weighted by Crippen LogP contribution is -2.45. The molecule has 0 spiro atoms. The van der Waals surface area contributed by atoms with E-state index in [0.717, 1.165) is 4.90 Å². The lowest BCUT2D eigenvalue weighted by Gasteiger charge is -2.20. The van der Waals surface area contributed by atoms with Crippen molar-refractivity contribution in [2.45, 2.75) is 31.5 Å². The summed E-state index contributed by atoms with van der Waals surface area (Å²) in [4.78, 5) is 24.2. The van der Waals surface area contributed by atoms with Gasteiger partial charge in [0, 0.05) is 17.4 Å². The molecule has 6 nitrogen and oxygen atoms in total. The van der Waals surface area contributed by atoms with E-state index >= 15 is 0 Å². The Morgan fingerprint density at radius 1 is 1.50 bits per heavy atom. The van der Waals surface area contributed by atoms with Crippen LogP contribution in [-0.4, -0.2) is 45.3 Å². The van der Waals surface area contributed by atoms with Gasteiger partial charge in [-0.25, -0.2) is 9.18 Å².